The molecule has 0 nitrogen and oxygen atoms in total. The Bertz CT molecular complexity index is 665. The van der Waals surface area contributed by atoms with Crippen LogP contribution in [-0.4, -0.2) is 33.8 Å². The van der Waals surface area contributed by atoms with E-state index in [-0.39, 0.29) is 5.02 Å². The third-order valence-electron chi connectivity index (χ3n) is 2.93. The smallest absolute Gasteiger partial charge is 0.192 e. The molecule has 0 unspecified atom stereocenters. The van der Waals surface area contributed by atoms with E-state index in [1.54, 1.807) is 0 Å². The van der Waals surface area contributed by atoms with Crippen molar-refractivity contribution in [1.29, 1.82) is 0 Å². The lowest BCUT2D eigenvalue weighted by molar-refractivity contribution is -0.790. The zero-order chi connectivity index (χ0) is 21.7. The minimum absolute atomic E-state index is 0.0977. The molecule has 0 aliphatic carbocycles. The topological polar surface area (TPSA) is 0 Å². The molecule has 156 valence electrons. The van der Waals surface area contributed by atoms with Crippen LogP contribution in [0.1, 0.15) is 0 Å². The highest BCUT2D eigenvalue weighted by Gasteiger charge is 2.93. The van der Waals surface area contributed by atoms with Gasteiger partial charge in [-0.1, -0.05) is 11.6 Å². The van der Waals surface area contributed by atoms with Crippen LogP contribution in [-0.2, 0) is 0 Å². The fraction of sp³-hybridized carbons (Fsp3) is 0.500. The van der Waals surface area contributed by atoms with Gasteiger partial charge in [-0.15, -0.1) is 0 Å². The Balaban J connectivity index is 3.38. The van der Waals surface area contributed by atoms with E-state index in [0.29, 0.717) is 12.1 Å². The van der Waals surface area contributed by atoms with Crippen LogP contribution in [0.15, 0.2) is 24.3 Å². The second-order valence-corrected chi connectivity index (χ2v) is 8.40. The lowest BCUT2D eigenvalue weighted by atomic mass is 9.98. The van der Waals surface area contributed by atoms with E-state index in [0.717, 1.165) is 12.1 Å². The van der Waals surface area contributed by atoms with Crippen molar-refractivity contribution in [3.63, 3.8) is 0 Å². The van der Waals surface area contributed by atoms with Crippen LogP contribution in [0.3, 0.4) is 0 Å². The number of benzene rings is 1. The van der Waals surface area contributed by atoms with E-state index < -0.39 is 58.6 Å². The first-order valence-electron chi connectivity index (χ1n) is 6.10. The predicted octanol–water partition coefficient (Wildman–Crippen LogP) is 3.29. The Morgan fingerprint density at radius 3 is 1.30 bits per heavy atom. The predicted molar refractivity (Wildman–Crippen MR) is 60.9 cm³/mol. The van der Waals surface area contributed by atoms with E-state index in [9.17, 15) is 57.1 Å². The molecular formula is C12H4ClF13I+. The summed E-state index contributed by atoms with van der Waals surface area (Å²) in [5.74, 6) is -30.5. The van der Waals surface area contributed by atoms with Gasteiger partial charge in [0.15, 0.2) is 3.57 Å². The number of hydrogen-bond donors (Lipinski definition) is 0. The fourth-order valence-electron chi connectivity index (χ4n) is 1.44. The average molecular weight is 557 g/mol. The summed E-state index contributed by atoms with van der Waals surface area (Å²) < 4.78 is 161. The quantitative estimate of drug-likeness (QED) is 0.286. The number of rotatable bonds is 6. The van der Waals surface area contributed by atoms with Crippen molar-refractivity contribution in [3.05, 3.63) is 32.9 Å². The molecule has 0 saturated carbocycles. The SMILES string of the molecule is FC(F)(F)C(F)(F)C(F)(F)C(F)(F)C(F)(F)C(F)(F)[I+]c1ccc(Cl)cc1. The Morgan fingerprint density at radius 2 is 0.926 bits per heavy atom. The molecule has 1 rings (SSSR count). The van der Waals surface area contributed by atoms with Crippen molar-refractivity contribution in [3.8, 4) is 0 Å². The first-order chi connectivity index (χ1) is 11.7. The zero-order valence-electron chi connectivity index (χ0n) is 12.0. The van der Waals surface area contributed by atoms with Crippen molar-refractivity contribution in [2.24, 2.45) is 0 Å². The maximum atomic E-state index is 13.6. The van der Waals surface area contributed by atoms with Gasteiger partial charge in [-0.3, -0.25) is 0 Å². The van der Waals surface area contributed by atoms with Gasteiger partial charge in [-0.05, 0) is 24.3 Å². The standard InChI is InChI=1S/C12H4ClF13I/c13-5-1-3-6(4-2-5)27-12(25,26)10(20,21)8(16,17)7(14,15)9(18,19)11(22,23)24/h1-4H/q+1. The average Bonchev–Trinajstić information content (AvgIpc) is 2.47. The van der Waals surface area contributed by atoms with E-state index >= 15 is 0 Å². The minimum atomic E-state index is -7.87. The normalized spacial score (nSPS) is 15.2. The summed E-state index contributed by atoms with van der Waals surface area (Å²) in [6, 6.07) is 3.02. The first kappa shape index (κ1) is 24.4. The van der Waals surface area contributed by atoms with Crippen LogP contribution in [0.2, 0.25) is 5.02 Å². The molecule has 0 atom stereocenters. The van der Waals surface area contributed by atoms with Gasteiger partial charge in [-0.2, -0.15) is 57.1 Å². The van der Waals surface area contributed by atoms with Crippen LogP contribution in [0.5, 0.6) is 0 Å². The van der Waals surface area contributed by atoms with E-state index in [1.165, 1.54) is 0 Å². The number of hydrogen-bond acceptors (Lipinski definition) is 0. The Kier molecular flexibility index (Phi) is 6.30. The summed E-state index contributed by atoms with van der Waals surface area (Å²) in [5, 5.41) is -0.0977. The maximum Gasteiger partial charge on any atom is 0.516 e. The number of alkyl halides is 14. The minimum Gasteiger partial charge on any atom is -0.192 e. The third kappa shape index (κ3) is 3.92. The van der Waals surface area contributed by atoms with Crippen LogP contribution < -0.4 is 21.2 Å². The molecule has 0 radical (unpaired) electrons. The second kappa shape index (κ2) is 6.99. The zero-order valence-corrected chi connectivity index (χ0v) is 14.9. The van der Waals surface area contributed by atoms with Gasteiger partial charge in [0.1, 0.15) is 0 Å². The third-order valence-corrected chi connectivity index (χ3v) is 5.88. The van der Waals surface area contributed by atoms with Crippen molar-refractivity contribution < 1.29 is 78.3 Å². The van der Waals surface area contributed by atoms with Gasteiger partial charge in [0.05, 0.1) is 0 Å². The van der Waals surface area contributed by atoms with E-state index in [2.05, 4.69) is 0 Å². The van der Waals surface area contributed by atoms with Crippen LogP contribution in [0.4, 0.5) is 57.1 Å². The van der Waals surface area contributed by atoms with Crippen molar-refractivity contribution in [2.45, 2.75) is 33.8 Å². The highest BCUT2D eigenvalue weighted by atomic mass is 127. The maximum absolute atomic E-state index is 13.6. The summed E-state index contributed by atoms with van der Waals surface area (Å²) in [6.07, 6.45) is -7.41. The molecule has 0 N–H and O–H groups in total. The van der Waals surface area contributed by atoms with Gasteiger partial charge in [0.2, 0.25) is 0 Å². The highest BCUT2D eigenvalue weighted by Crippen LogP contribution is 2.59. The summed E-state index contributed by atoms with van der Waals surface area (Å²) in [7, 11) is 0. The molecular weight excluding hydrogens is 553 g/mol. The van der Waals surface area contributed by atoms with Gasteiger partial charge in [0.25, 0.3) is 0 Å². The lowest BCUT2D eigenvalue weighted by Crippen LogP contribution is -3.68. The Hall–Kier alpha value is -0.670. The van der Waals surface area contributed by atoms with Crippen molar-refractivity contribution in [1.82, 2.24) is 0 Å². The molecule has 0 spiro atoms. The molecule has 0 amide bonds. The summed E-state index contributed by atoms with van der Waals surface area (Å²) >= 11 is 1.78. The molecule has 0 aliphatic rings. The van der Waals surface area contributed by atoms with Gasteiger partial charge in [0, 0.05) is 5.02 Å². The first-order valence-corrected chi connectivity index (χ1v) is 8.63. The molecule has 0 heterocycles. The van der Waals surface area contributed by atoms with Gasteiger partial charge in [-0.25, -0.2) is 0 Å². The van der Waals surface area contributed by atoms with Crippen LogP contribution >= 0.6 is 11.6 Å². The van der Waals surface area contributed by atoms with Gasteiger partial charge >= 0.3 is 55.0 Å². The van der Waals surface area contributed by atoms with Crippen molar-refractivity contribution >= 4 is 11.6 Å². The van der Waals surface area contributed by atoms with E-state index in [4.69, 9.17) is 11.6 Å². The molecule has 0 fully saturated rings. The lowest BCUT2D eigenvalue weighted by Gasteiger charge is -2.36. The fourth-order valence-corrected chi connectivity index (χ4v) is 3.74. The molecule has 1 aromatic rings. The Morgan fingerprint density at radius 1 is 0.556 bits per heavy atom. The van der Waals surface area contributed by atoms with Gasteiger partial charge < -0.3 is 0 Å². The number of halogens is 15. The monoisotopic (exact) mass is 557 g/mol. The molecule has 15 heteroatoms. The molecule has 0 saturated heterocycles. The summed E-state index contributed by atoms with van der Waals surface area (Å²) in [6.45, 7) is 0. The summed E-state index contributed by atoms with van der Waals surface area (Å²) in [4.78, 5) is 0. The highest BCUT2D eigenvalue weighted by molar-refractivity contribution is 6.30. The van der Waals surface area contributed by atoms with E-state index in [1.807, 2.05) is 0 Å². The molecule has 0 aromatic heterocycles. The Labute approximate surface area is 156 Å². The second-order valence-electron chi connectivity index (χ2n) is 4.82. The molecule has 0 aliphatic heterocycles. The molecule has 0 bridgehead atoms. The largest absolute Gasteiger partial charge is 0.516 e. The molecule has 1 aromatic carbocycles. The molecule has 27 heavy (non-hydrogen) atoms. The van der Waals surface area contributed by atoms with Crippen molar-refractivity contribution in [2.75, 3.05) is 0 Å². The summed E-state index contributed by atoms with van der Waals surface area (Å²) in [5.41, 5.74) is 0. The van der Waals surface area contributed by atoms with Crippen LogP contribution in [0, 0.1) is 3.57 Å². The van der Waals surface area contributed by atoms with Crippen LogP contribution in [0.25, 0.3) is 0 Å².